The van der Waals surface area contributed by atoms with E-state index < -0.39 is 5.91 Å². The Morgan fingerprint density at radius 1 is 0.966 bits per heavy atom. The highest BCUT2D eigenvalue weighted by atomic mass is 16.5. The zero-order chi connectivity index (χ0) is 21.0. The van der Waals surface area contributed by atoms with Crippen molar-refractivity contribution in [3.63, 3.8) is 0 Å². The van der Waals surface area contributed by atoms with Crippen LogP contribution in [0.5, 0.6) is 17.2 Å². The Kier molecular flexibility index (Phi) is 5.92. The van der Waals surface area contributed by atoms with Crippen LogP contribution in [0.2, 0.25) is 0 Å². The third-order valence-corrected chi connectivity index (χ3v) is 4.40. The smallest absolute Gasteiger partial charge is 0.269 e. The summed E-state index contributed by atoms with van der Waals surface area (Å²) in [4.78, 5) is 24.7. The molecule has 3 aromatic rings. The SMILES string of the molecule is COc1cc(C(=O)NNC(=O)Cc2coc3cc(C)ccc23)cc(OC)c1OC. The minimum absolute atomic E-state index is 0.0611. The average Bonchev–Trinajstić information content (AvgIpc) is 3.12. The number of benzene rings is 2. The van der Waals surface area contributed by atoms with E-state index in [2.05, 4.69) is 10.9 Å². The monoisotopic (exact) mass is 398 g/mol. The first-order chi connectivity index (χ1) is 14.0. The van der Waals surface area contributed by atoms with Crippen molar-refractivity contribution in [2.75, 3.05) is 21.3 Å². The number of nitrogens with one attached hydrogen (secondary N) is 2. The summed E-state index contributed by atoms with van der Waals surface area (Å²) in [5.74, 6) is 0.143. The van der Waals surface area contributed by atoms with Crippen molar-refractivity contribution < 1.29 is 28.2 Å². The molecule has 0 saturated heterocycles. The maximum absolute atomic E-state index is 12.4. The molecule has 0 saturated carbocycles. The van der Waals surface area contributed by atoms with Crippen molar-refractivity contribution in [1.29, 1.82) is 0 Å². The topological polar surface area (TPSA) is 99.0 Å². The normalized spacial score (nSPS) is 10.5. The van der Waals surface area contributed by atoms with E-state index in [1.54, 1.807) is 6.26 Å². The van der Waals surface area contributed by atoms with E-state index in [-0.39, 0.29) is 17.9 Å². The van der Waals surface area contributed by atoms with Crippen LogP contribution in [0.15, 0.2) is 41.0 Å². The Bertz CT molecular complexity index is 1030. The third-order valence-electron chi connectivity index (χ3n) is 4.40. The van der Waals surface area contributed by atoms with Gasteiger partial charge in [-0.3, -0.25) is 20.4 Å². The predicted molar refractivity (Wildman–Crippen MR) is 106 cm³/mol. The number of hydrogen-bond acceptors (Lipinski definition) is 6. The van der Waals surface area contributed by atoms with E-state index in [1.165, 1.54) is 33.5 Å². The fraction of sp³-hybridized carbons (Fsp3) is 0.238. The molecule has 0 spiro atoms. The maximum Gasteiger partial charge on any atom is 0.269 e. The molecule has 0 aliphatic heterocycles. The van der Waals surface area contributed by atoms with Crippen molar-refractivity contribution in [2.45, 2.75) is 13.3 Å². The molecule has 2 aromatic carbocycles. The molecule has 8 heteroatoms. The van der Waals surface area contributed by atoms with Crippen LogP contribution in [0.1, 0.15) is 21.5 Å². The minimum atomic E-state index is -0.523. The van der Waals surface area contributed by atoms with Gasteiger partial charge in [0.25, 0.3) is 5.91 Å². The Balaban J connectivity index is 1.67. The number of carbonyl (C=O) groups excluding carboxylic acids is 2. The van der Waals surface area contributed by atoms with Crippen LogP contribution in [0.4, 0.5) is 0 Å². The summed E-state index contributed by atoms with van der Waals surface area (Å²) in [5, 5.41) is 0.863. The van der Waals surface area contributed by atoms with Gasteiger partial charge >= 0.3 is 0 Å². The van der Waals surface area contributed by atoms with Crippen LogP contribution in [0.3, 0.4) is 0 Å². The van der Waals surface area contributed by atoms with Gasteiger partial charge in [0.15, 0.2) is 11.5 Å². The van der Waals surface area contributed by atoms with Crippen LogP contribution in [0.25, 0.3) is 11.0 Å². The maximum atomic E-state index is 12.4. The Hall–Kier alpha value is -3.68. The second kappa shape index (κ2) is 8.55. The first-order valence-corrected chi connectivity index (χ1v) is 8.82. The second-order valence-electron chi connectivity index (χ2n) is 6.35. The fourth-order valence-electron chi connectivity index (χ4n) is 2.96. The van der Waals surface area contributed by atoms with Crippen LogP contribution in [-0.4, -0.2) is 33.1 Å². The zero-order valence-corrected chi connectivity index (χ0v) is 16.6. The number of rotatable bonds is 6. The van der Waals surface area contributed by atoms with Crippen molar-refractivity contribution in [2.24, 2.45) is 0 Å². The quantitative estimate of drug-likeness (QED) is 0.620. The molecule has 1 heterocycles. The van der Waals surface area contributed by atoms with Gasteiger partial charge in [0.1, 0.15) is 5.58 Å². The standard InChI is InChI=1S/C21H22N2O6/c1-12-5-6-15-14(11-29-16(15)7-12)10-19(24)22-23-21(25)13-8-17(26-2)20(28-4)18(9-13)27-3/h5-9,11H,10H2,1-4H3,(H,22,24)(H,23,25). The number of fused-ring (bicyclic) bond motifs is 1. The number of furan rings is 1. The van der Waals surface area contributed by atoms with Crippen LogP contribution in [-0.2, 0) is 11.2 Å². The molecule has 2 N–H and O–H groups in total. The highest BCUT2D eigenvalue weighted by Crippen LogP contribution is 2.38. The van der Waals surface area contributed by atoms with Gasteiger partial charge in [0, 0.05) is 16.5 Å². The lowest BCUT2D eigenvalue weighted by molar-refractivity contribution is -0.121. The summed E-state index contributed by atoms with van der Waals surface area (Å²) in [6.07, 6.45) is 1.61. The number of ether oxygens (including phenoxy) is 3. The summed E-state index contributed by atoms with van der Waals surface area (Å²) in [6, 6.07) is 8.75. The van der Waals surface area contributed by atoms with Crippen molar-refractivity contribution in [3.8, 4) is 17.2 Å². The summed E-state index contributed by atoms with van der Waals surface area (Å²) in [5.41, 5.74) is 7.56. The van der Waals surface area contributed by atoms with Gasteiger partial charge in [-0.05, 0) is 30.7 Å². The summed E-state index contributed by atoms with van der Waals surface area (Å²) < 4.78 is 21.2. The molecule has 152 valence electrons. The fourth-order valence-corrected chi connectivity index (χ4v) is 2.96. The molecule has 0 aliphatic carbocycles. The largest absolute Gasteiger partial charge is 0.493 e. The van der Waals surface area contributed by atoms with E-state index in [1.807, 2.05) is 25.1 Å². The molecule has 0 radical (unpaired) electrons. The second-order valence-corrected chi connectivity index (χ2v) is 6.35. The molecular weight excluding hydrogens is 376 g/mol. The Morgan fingerprint density at radius 2 is 1.66 bits per heavy atom. The van der Waals surface area contributed by atoms with Gasteiger partial charge in [0.05, 0.1) is 34.0 Å². The molecule has 1 aromatic heterocycles. The molecular formula is C21H22N2O6. The van der Waals surface area contributed by atoms with E-state index in [9.17, 15) is 9.59 Å². The number of hydrazine groups is 1. The molecule has 2 amide bonds. The summed E-state index contributed by atoms with van der Waals surface area (Å²) in [7, 11) is 4.39. The van der Waals surface area contributed by atoms with Crippen LogP contribution < -0.4 is 25.1 Å². The molecule has 8 nitrogen and oxygen atoms in total. The van der Waals surface area contributed by atoms with Crippen molar-refractivity contribution in [1.82, 2.24) is 10.9 Å². The summed E-state index contributed by atoms with van der Waals surface area (Å²) >= 11 is 0. The van der Waals surface area contributed by atoms with Crippen molar-refractivity contribution in [3.05, 3.63) is 53.3 Å². The van der Waals surface area contributed by atoms with Gasteiger partial charge in [-0.1, -0.05) is 12.1 Å². The number of hydrogen-bond donors (Lipinski definition) is 2. The highest BCUT2D eigenvalue weighted by molar-refractivity contribution is 5.97. The Labute approximate surface area is 167 Å². The first-order valence-electron chi connectivity index (χ1n) is 8.82. The van der Waals surface area contributed by atoms with Gasteiger partial charge < -0.3 is 18.6 Å². The van der Waals surface area contributed by atoms with Crippen molar-refractivity contribution >= 4 is 22.8 Å². The Morgan fingerprint density at radius 3 is 2.28 bits per heavy atom. The first kappa shape index (κ1) is 20.1. The van der Waals surface area contributed by atoms with Crippen LogP contribution >= 0.6 is 0 Å². The van der Waals surface area contributed by atoms with Gasteiger partial charge in [0.2, 0.25) is 11.7 Å². The minimum Gasteiger partial charge on any atom is -0.493 e. The molecule has 0 bridgehead atoms. The van der Waals surface area contributed by atoms with Gasteiger partial charge in [-0.15, -0.1) is 0 Å². The van der Waals surface area contributed by atoms with E-state index in [0.29, 0.717) is 22.8 Å². The van der Waals surface area contributed by atoms with Gasteiger partial charge in [-0.2, -0.15) is 0 Å². The van der Waals surface area contributed by atoms with Gasteiger partial charge in [-0.25, -0.2) is 0 Å². The molecule has 29 heavy (non-hydrogen) atoms. The molecule has 0 fully saturated rings. The predicted octanol–water partition coefficient (Wildman–Crippen LogP) is 2.77. The van der Waals surface area contributed by atoms with E-state index >= 15 is 0 Å². The molecule has 3 rings (SSSR count). The lowest BCUT2D eigenvalue weighted by Gasteiger charge is -2.14. The lowest BCUT2D eigenvalue weighted by Crippen LogP contribution is -2.42. The molecule has 0 atom stereocenters. The van der Waals surface area contributed by atoms with Crippen LogP contribution in [0, 0.1) is 6.92 Å². The third kappa shape index (κ3) is 4.26. The number of amides is 2. The van der Waals surface area contributed by atoms with E-state index in [0.717, 1.165) is 16.5 Å². The zero-order valence-electron chi connectivity index (χ0n) is 16.6. The number of methoxy groups -OCH3 is 3. The number of carbonyl (C=O) groups is 2. The lowest BCUT2D eigenvalue weighted by atomic mass is 10.1. The van der Waals surface area contributed by atoms with E-state index in [4.69, 9.17) is 18.6 Å². The molecule has 0 unspecified atom stereocenters. The average molecular weight is 398 g/mol. The highest BCUT2D eigenvalue weighted by Gasteiger charge is 2.18. The summed E-state index contributed by atoms with van der Waals surface area (Å²) in [6.45, 7) is 1.97. The molecule has 0 aliphatic rings. The number of aryl methyl sites for hydroxylation is 1.